The molecule has 0 radical (unpaired) electrons. The molecule has 1 aromatic carbocycles. The predicted octanol–water partition coefficient (Wildman–Crippen LogP) is 3.15. The second kappa shape index (κ2) is 7.67. The number of nitrogens with one attached hydrogen (secondary N) is 1. The van der Waals surface area contributed by atoms with E-state index >= 15 is 0 Å². The molecule has 0 aliphatic rings. The Balaban J connectivity index is 3.12. The Morgan fingerprint density at radius 3 is 2.30 bits per heavy atom. The summed E-state index contributed by atoms with van der Waals surface area (Å²) in [6.45, 7) is 1.54. The van der Waals surface area contributed by atoms with Gasteiger partial charge in [0.25, 0.3) is 0 Å². The van der Waals surface area contributed by atoms with E-state index in [-0.39, 0.29) is 26.8 Å². The number of hydrogen-bond donors (Lipinski definition) is 2. The van der Waals surface area contributed by atoms with Crippen molar-refractivity contribution in [2.24, 2.45) is 0 Å². The van der Waals surface area contributed by atoms with Crippen molar-refractivity contribution in [1.82, 2.24) is 4.72 Å². The molecule has 9 heteroatoms. The van der Waals surface area contributed by atoms with Crippen molar-refractivity contribution in [1.29, 1.82) is 0 Å². The predicted molar refractivity (Wildman–Crippen MR) is 88.3 cm³/mol. The second-order valence-electron chi connectivity index (χ2n) is 4.07. The number of rotatable bonds is 6. The molecule has 0 spiro atoms. The number of halogens is 3. The Morgan fingerprint density at radius 2 is 1.90 bits per heavy atom. The van der Waals surface area contributed by atoms with Gasteiger partial charge < -0.3 is 5.11 Å². The maximum Gasteiger partial charge on any atom is 0.243 e. The maximum absolute atomic E-state index is 12.3. The van der Waals surface area contributed by atoms with Gasteiger partial charge in [0.05, 0.1) is 16.7 Å². The molecule has 4 nitrogen and oxygen atoms in total. The molecule has 2 N–H and O–H groups in total. The van der Waals surface area contributed by atoms with Crippen LogP contribution in [0.4, 0.5) is 0 Å². The number of benzene rings is 1. The van der Waals surface area contributed by atoms with Gasteiger partial charge in [0, 0.05) is 15.8 Å². The lowest BCUT2D eigenvalue weighted by Gasteiger charge is -2.21. The summed E-state index contributed by atoms with van der Waals surface area (Å²) in [7, 11) is -3.86. The van der Waals surface area contributed by atoms with Crippen molar-refractivity contribution in [3.63, 3.8) is 0 Å². The summed E-state index contributed by atoms with van der Waals surface area (Å²) in [5.41, 5.74) is 0. The van der Waals surface area contributed by atoms with E-state index < -0.39 is 16.1 Å². The van der Waals surface area contributed by atoms with Gasteiger partial charge in [-0.05, 0) is 25.3 Å². The van der Waals surface area contributed by atoms with Crippen LogP contribution in [0.3, 0.4) is 0 Å². The third-order valence-corrected chi connectivity index (χ3v) is 6.71. The minimum atomic E-state index is -3.86. The van der Waals surface area contributed by atoms with Crippen LogP contribution < -0.4 is 4.72 Å². The Labute approximate surface area is 141 Å². The van der Waals surface area contributed by atoms with E-state index in [1.807, 2.05) is 0 Å². The molecular formula is C11H14BrCl2NO3S2. The molecule has 0 aliphatic carbocycles. The van der Waals surface area contributed by atoms with E-state index in [1.165, 1.54) is 23.9 Å². The smallest absolute Gasteiger partial charge is 0.243 e. The summed E-state index contributed by atoms with van der Waals surface area (Å²) in [5.74, 6) is 0. The molecule has 0 fully saturated rings. The molecule has 0 saturated heterocycles. The van der Waals surface area contributed by atoms with Gasteiger partial charge >= 0.3 is 0 Å². The molecule has 1 rings (SSSR count). The van der Waals surface area contributed by atoms with Gasteiger partial charge in [-0.25, -0.2) is 13.1 Å². The SMILES string of the molecule is CSC(CO)C(C)NS(=O)(=O)c1c(Cl)cc(Br)cc1Cl. The van der Waals surface area contributed by atoms with E-state index in [0.717, 1.165) is 0 Å². The van der Waals surface area contributed by atoms with E-state index in [4.69, 9.17) is 23.2 Å². The Hall–Kier alpha value is 0.500. The molecule has 0 heterocycles. The molecule has 0 bridgehead atoms. The maximum atomic E-state index is 12.3. The molecule has 1 aromatic rings. The first-order valence-corrected chi connectivity index (χ1v) is 9.85. The zero-order valence-electron chi connectivity index (χ0n) is 10.7. The summed E-state index contributed by atoms with van der Waals surface area (Å²) < 4.78 is 27.8. The van der Waals surface area contributed by atoms with E-state index in [0.29, 0.717) is 4.47 Å². The van der Waals surface area contributed by atoms with Crippen molar-refractivity contribution in [2.75, 3.05) is 12.9 Å². The topological polar surface area (TPSA) is 66.4 Å². The third kappa shape index (κ3) is 4.50. The van der Waals surface area contributed by atoms with E-state index in [1.54, 1.807) is 13.2 Å². The number of sulfonamides is 1. The van der Waals surface area contributed by atoms with Crippen LogP contribution in [0.15, 0.2) is 21.5 Å². The van der Waals surface area contributed by atoms with Crippen LogP contribution in [-0.2, 0) is 10.0 Å². The quantitative estimate of drug-likeness (QED) is 0.738. The summed E-state index contributed by atoms with van der Waals surface area (Å²) in [5, 5.41) is 9.02. The van der Waals surface area contributed by atoms with Crippen LogP contribution in [0.25, 0.3) is 0 Å². The standard InChI is InChI=1S/C11H14BrCl2NO3S2/c1-6(10(5-16)19-2)15-20(17,18)11-8(13)3-7(12)4-9(11)14/h3-4,6,10,15-16H,5H2,1-2H3. The lowest BCUT2D eigenvalue weighted by molar-refractivity contribution is 0.282. The van der Waals surface area contributed by atoms with E-state index in [2.05, 4.69) is 20.7 Å². The fraction of sp³-hybridized carbons (Fsp3) is 0.455. The molecule has 0 amide bonds. The average Bonchev–Trinajstić information content (AvgIpc) is 2.27. The Kier molecular flexibility index (Phi) is 7.11. The average molecular weight is 423 g/mol. The normalized spacial score (nSPS) is 15.1. The molecule has 20 heavy (non-hydrogen) atoms. The fourth-order valence-electron chi connectivity index (χ4n) is 1.60. The van der Waals surface area contributed by atoms with Gasteiger partial charge in [-0.3, -0.25) is 0 Å². The molecular weight excluding hydrogens is 409 g/mol. The van der Waals surface area contributed by atoms with Gasteiger partial charge in [-0.15, -0.1) is 0 Å². The molecule has 2 atom stereocenters. The van der Waals surface area contributed by atoms with Crippen molar-refractivity contribution in [2.45, 2.75) is 23.1 Å². The zero-order chi connectivity index (χ0) is 15.5. The monoisotopic (exact) mass is 421 g/mol. The highest BCUT2D eigenvalue weighted by Crippen LogP contribution is 2.33. The minimum Gasteiger partial charge on any atom is -0.395 e. The first-order chi connectivity index (χ1) is 9.22. The van der Waals surface area contributed by atoms with Crippen molar-refractivity contribution in [3.8, 4) is 0 Å². The first-order valence-electron chi connectivity index (χ1n) is 5.53. The fourth-order valence-corrected chi connectivity index (χ4v) is 5.53. The van der Waals surface area contributed by atoms with E-state index in [9.17, 15) is 13.5 Å². The Bertz CT molecular complexity index is 556. The van der Waals surface area contributed by atoms with Gasteiger partial charge in [0.1, 0.15) is 4.90 Å². The van der Waals surface area contributed by atoms with Crippen molar-refractivity contribution >= 4 is 60.9 Å². The van der Waals surface area contributed by atoms with Crippen LogP contribution in [0.5, 0.6) is 0 Å². The van der Waals surface area contributed by atoms with Crippen LogP contribution in [0.2, 0.25) is 10.0 Å². The lowest BCUT2D eigenvalue weighted by Crippen LogP contribution is -2.41. The molecule has 0 aliphatic heterocycles. The summed E-state index contributed by atoms with van der Waals surface area (Å²) in [6, 6.07) is 2.46. The van der Waals surface area contributed by atoms with Gasteiger partial charge in [-0.2, -0.15) is 11.8 Å². The van der Waals surface area contributed by atoms with Crippen LogP contribution in [-0.4, -0.2) is 37.7 Å². The van der Waals surface area contributed by atoms with Gasteiger partial charge in [0.2, 0.25) is 10.0 Å². The molecule has 0 aromatic heterocycles. The lowest BCUT2D eigenvalue weighted by atomic mass is 10.3. The van der Waals surface area contributed by atoms with Crippen LogP contribution in [0, 0.1) is 0 Å². The zero-order valence-corrected chi connectivity index (χ0v) is 15.5. The number of thioether (sulfide) groups is 1. The van der Waals surface area contributed by atoms with Gasteiger partial charge in [0.15, 0.2) is 0 Å². The number of aliphatic hydroxyl groups is 1. The number of aliphatic hydroxyl groups excluding tert-OH is 1. The van der Waals surface area contributed by atoms with Crippen molar-refractivity contribution < 1.29 is 13.5 Å². The highest BCUT2D eigenvalue weighted by Gasteiger charge is 2.27. The highest BCUT2D eigenvalue weighted by atomic mass is 79.9. The van der Waals surface area contributed by atoms with Gasteiger partial charge in [-0.1, -0.05) is 39.1 Å². The van der Waals surface area contributed by atoms with Crippen LogP contribution in [0.1, 0.15) is 6.92 Å². The summed E-state index contributed by atoms with van der Waals surface area (Å²) >= 11 is 16.5. The van der Waals surface area contributed by atoms with Crippen molar-refractivity contribution in [3.05, 3.63) is 26.7 Å². The third-order valence-electron chi connectivity index (χ3n) is 2.61. The summed E-state index contributed by atoms with van der Waals surface area (Å²) in [4.78, 5) is -0.159. The molecule has 114 valence electrons. The first kappa shape index (κ1) is 18.5. The minimum absolute atomic E-state index is 0.0359. The Morgan fingerprint density at radius 1 is 1.40 bits per heavy atom. The second-order valence-corrected chi connectivity index (χ2v) is 8.52. The largest absolute Gasteiger partial charge is 0.395 e. The van der Waals surface area contributed by atoms with Crippen LogP contribution >= 0.6 is 50.9 Å². The summed E-state index contributed by atoms with van der Waals surface area (Å²) in [6.07, 6.45) is 1.80. The molecule has 2 unspecified atom stereocenters. The highest BCUT2D eigenvalue weighted by molar-refractivity contribution is 9.10. The molecule has 0 saturated carbocycles. The number of hydrogen-bond acceptors (Lipinski definition) is 4.